The number of fused-ring (bicyclic) bond motifs is 1. The van der Waals surface area contributed by atoms with Gasteiger partial charge in [-0.25, -0.2) is 4.98 Å². The highest BCUT2D eigenvalue weighted by Crippen LogP contribution is 2.24. The van der Waals surface area contributed by atoms with E-state index in [1.165, 1.54) is 0 Å². The lowest BCUT2D eigenvalue weighted by atomic mass is 10.1. The third-order valence-corrected chi connectivity index (χ3v) is 5.77. The van der Waals surface area contributed by atoms with Crippen LogP contribution in [0.25, 0.3) is 11.0 Å². The van der Waals surface area contributed by atoms with Crippen LogP contribution in [0.2, 0.25) is 0 Å². The van der Waals surface area contributed by atoms with Gasteiger partial charge < -0.3 is 19.8 Å². The highest BCUT2D eigenvalue weighted by atomic mass is 32.2. The molecule has 0 bridgehead atoms. The first kappa shape index (κ1) is 20.8. The molecule has 1 aromatic heterocycles. The van der Waals surface area contributed by atoms with E-state index >= 15 is 0 Å². The number of rotatable bonds is 8. The van der Waals surface area contributed by atoms with Crippen LogP contribution in [-0.4, -0.2) is 30.1 Å². The molecule has 1 amide bonds. The molecule has 1 heterocycles. The summed E-state index contributed by atoms with van der Waals surface area (Å²) in [6.07, 6.45) is 0. The number of amides is 1. The molecule has 0 saturated heterocycles. The standard InChI is InChI=1S/C24H23N3O3S/c1-29-19-11-17(12-20(13-19)30-2)14-25-23(28)18-9-7-16(8-10-18)15-31-24-26-21-5-3-4-6-22(21)27-24/h3-13H,14-15H2,1-2H3,(H,25,28)(H,26,27). The zero-order valence-corrected chi connectivity index (χ0v) is 18.2. The van der Waals surface area contributed by atoms with E-state index in [-0.39, 0.29) is 5.91 Å². The van der Waals surface area contributed by atoms with E-state index in [0.717, 1.165) is 33.1 Å². The molecule has 2 N–H and O–H groups in total. The van der Waals surface area contributed by atoms with Crippen LogP contribution in [0.1, 0.15) is 21.5 Å². The van der Waals surface area contributed by atoms with E-state index in [2.05, 4.69) is 15.3 Å². The summed E-state index contributed by atoms with van der Waals surface area (Å²) < 4.78 is 10.5. The zero-order chi connectivity index (χ0) is 21.6. The molecule has 0 spiro atoms. The summed E-state index contributed by atoms with van der Waals surface area (Å²) in [7, 11) is 3.20. The second-order valence-electron chi connectivity index (χ2n) is 6.95. The third kappa shape index (κ3) is 5.19. The van der Waals surface area contributed by atoms with Crippen molar-refractivity contribution in [2.45, 2.75) is 17.5 Å². The number of carbonyl (C=O) groups is 1. The molecular formula is C24H23N3O3S. The van der Waals surface area contributed by atoms with E-state index in [9.17, 15) is 4.79 Å². The van der Waals surface area contributed by atoms with Gasteiger partial charge in [-0.1, -0.05) is 36.0 Å². The summed E-state index contributed by atoms with van der Waals surface area (Å²) in [5.74, 6) is 2.02. The smallest absolute Gasteiger partial charge is 0.251 e. The average Bonchev–Trinajstić information content (AvgIpc) is 3.24. The fourth-order valence-corrected chi connectivity index (χ4v) is 4.00. The maximum atomic E-state index is 12.5. The predicted molar refractivity (Wildman–Crippen MR) is 123 cm³/mol. The van der Waals surface area contributed by atoms with Gasteiger partial charge in [-0.2, -0.15) is 0 Å². The Morgan fingerprint density at radius 2 is 1.68 bits per heavy atom. The minimum Gasteiger partial charge on any atom is -0.497 e. The molecule has 0 unspecified atom stereocenters. The average molecular weight is 434 g/mol. The molecule has 0 fully saturated rings. The molecule has 0 aliphatic carbocycles. The van der Waals surface area contributed by atoms with Crippen LogP contribution < -0.4 is 14.8 Å². The first-order chi connectivity index (χ1) is 15.1. The maximum Gasteiger partial charge on any atom is 0.251 e. The fourth-order valence-electron chi connectivity index (χ4n) is 3.15. The van der Waals surface area contributed by atoms with Crippen molar-refractivity contribution in [3.8, 4) is 11.5 Å². The van der Waals surface area contributed by atoms with Crippen LogP contribution in [0, 0.1) is 0 Å². The predicted octanol–water partition coefficient (Wildman–Crippen LogP) is 4.80. The van der Waals surface area contributed by atoms with E-state index in [0.29, 0.717) is 23.6 Å². The molecule has 31 heavy (non-hydrogen) atoms. The molecular weight excluding hydrogens is 410 g/mol. The molecule has 3 aromatic carbocycles. The van der Waals surface area contributed by atoms with Gasteiger partial charge in [-0.05, 0) is 47.5 Å². The van der Waals surface area contributed by atoms with E-state index in [1.807, 2.05) is 60.7 Å². The van der Waals surface area contributed by atoms with Crippen molar-refractivity contribution in [3.63, 3.8) is 0 Å². The number of aromatic amines is 1. The molecule has 0 saturated carbocycles. The number of nitrogens with one attached hydrogen (secondary N) is 2. The first-order valence-corrected chi connectivity index (χ1v) is 10.8. The van der Waals surface area contributed by atoms with Gasteiger partial charge in [0, 0.05) is 23.9 Å². The monoisotopic (exact) mass is 433 g/mol. The Balaban J connectivity index is 1.33. The minimum atomic E-state index is -0.127. The van der Waals surface area contributed by atoms with E-state index < -0.39 is 0 Å². The van der Waals surface area contributed by atoms with Gasteiger partial charge in [0.05, 0.1) is 25.3 Å². The number of hydrogen-bond acceptors (Lipinski definition) is 5. The zero-order valence-electron chi connectivity index (χ0n) is 17.3. The lowest BCUT2D eigenvalue weighted by molar-refractivity contribution is 0.0951. The van der Waals surface area contributed by atoms with Crippen LogP contribution in [0.3, 0.4) is 0 Å². The van der Waals surface area contributed by atoms with Crippen molar-refractivity contribution >= 4 is 28.7 Å². The van der Waals surface area contributed by atoms with Gasteiger partial charge in [0.25, 0.3) is 5.91 Å². The van der Waals surface area contributed by atoms with Crippen LogP contribution in [0.4, 0.5) is 0 Å². The molecule has 4 rings (SSSR count). The lowest BCUT2D eigenvalue weighted by Crippen LogP contribution is -2.22. The van der Waals surface area contributed by atoms with Gasteiger partial charge >= 0.3 is 0 Å². The molecule has 6 nitrogen and oxygen atoms in total. The summed E-state index contributed by atoms with van der Waals surface area (Å²) >= 11 is 1.64. The quantitative estimate of drug-likeness (QED) is 0.390. The number of H-pyrrole nitrogens is 1. The van der Waals surface area contributed by atoms with Crippen LogP contribution in [0.5, 0.6) is 11.5 Å². The molecule has 0 aliphatic rings. The van der Waals surface area contributed by atoms with Crippen molar-refractivity contribution in [1.82, 2.24) is 15.3 Å². The SMILES string of the molecule is COc1cc(CNC(=O)c2ccc(CSc3nc4ccccc4[nH]3)cc2)cc(OC)c1. The van der Waals surface area contributed by atoms with Gasteiger partial charge in [-0.3, -0.25) is 4.79 Å². The van der Waals surface area contributed by atoms with Crippen molar-refractivity contribution < 1.29 is 14.3 Å². The van der Waals surface area contributed by atoms with Crippen molar-refractivity contribution in [2.24, 2.45) is 0 Å². The lowest BCUT2D eigenvalue weighted by Gasteiger charge is -2.10. The number of carbonyl (C=O) groups excluding carboxylic acids is 1. The van der Waals surface area contributed by atoms with Gasteiger partial charge in [0.1, 0.15) is 11.5 Å². The maximum absolute atomic E-state index is 12.5. The summed E-state index contributed by atoms with van der Waals surface area (Å²) in [6, 6.07) is 21.2. The summed E-state index contributed by atoms with van der Waals surface area (Å²) in [6.45, 7) is 0.385. The molecule has 4 aromatic rings. The summed E-state index contributed by atoms with van der Waals surface area (Å²) in [5.41, 5.74) is 4.65. The molecule has 0 aliphatic heterocycles. The van der Waals surface area contributed by atoms with Crippen LogP contribution in [0.15, 0.2) is 71.9 Å². The molecule has 0 radical (unpaired) electrons. The molecule has 0 atom stereocenters. The number of para-hydroxylation sites is 2. The van der Waals surface area contributed by atoms with Crippen molar-refractivity contribution in [3.05, 3.63) is 83.4 Å². The Labute approximate surface area is 185 Å². The van der Waals surface area contributed by atoms with Crippen LogP contribution >= 0.6 is 11.8 Å². The van der Waals surface area contributed by atoms with Gasteiger partial charge in [0.15, 0.2) is 5.16 Å². The van der Waals surface area contributed by atoms with Gasteiger partial charge in [0.2, 0.25) is 0 Å². The topological polar surface area (TPSA) is 76.2 Å². The number of aromatic nitrogens is 2. The number of hydrogen-bond donors (Lipinski definition) is 2. The number of nitrogens with zero attached hydrogens (tertiary/aromatic N) is 1. The Hall–Kier alpha value is -3.45. The second-order valence-corrected chi connectivity index (χ2v) is 7.91. The van der Waals surface area contributed by atoms with Crippen molar-refractivity contribution in [2.75, 3.05) is 14.2 Å². The van der Waals surface area contributed by atoms with Crippen LogP contribution in [-0.2, 0) is 12.3 Å². The highest BCUT2D eigenvalue weighted by Gasteiger charge is 2.08. The normalized spacial score (nSPS) is 10.8. The van der Waals surface area contributed by atoms with Gasteiger partial charge in [-0.15, -0.1) is 0 Å². The van der Waals surface area contributed by atoms with E-state index in [1.54, 1.807) is 32.0 Å². The Morgan fingerprint density at radius 1 is 0.968 bits per heavy atom. The molecule has 7 heteroatoms. The largest absolute Gasteiger partial charge is 0.497 e. The summed E-state index contributed by atoms with van der Waals surface area (Å²) in [5, 5.41) is 3.83. The Kier molecular flexibility index (Phi) is 6.43. The highest BCUT2D eigenvalue weighted by molar-refractivity contribution is 7.98. The summed E-state index contributed by atoms with van der Waals surface area (Å²) in [4.78, 5) is 20.4. The first-order valence-electron chi connectivity index (χ1n) is 9.81. The Morgan fingerprint density at radius 3 is 2.35 bits per heavy atom. The number of benzene rings is 3. The van der Waals surface area contributed by atoms with Crippen molar-refractivity contribution in [1.29, 1.82) is 0 Å². The minimum absolute atomic E-state index is 0.127. The van der Waals surface area contributed by atoms with E-state index in [4.69, 9.17) is 9.47 Å². The second kappa shape index (κ2) is 9.57. The number of ether oxygens (including phenoxy) is 2. The number of methoxy groups -OCH3 is 2. The number of thioether (sulfide) groups is 1. The number of imidazole rings is 1. The molecule has 158 valence electrons. The third-order valence-electron chi connectivity index (χ3n) is 4.82. The Bertz CT molecular complexity index is 1130. The fraction of sp³-hybridized carbons (Fsp3) is 0.167.